The molecule has 1 amide bonds. The maximum Gasteiger partial charge on any atom is 0.255 e. The van der Waals surface area contributed by atoms with Crippen molar-refractivity contribution in [1.29, 1.82) is 0 Å². The summed E-state index contributed by atoms with van der Waals surface area (Å²) in [5.41, 5.74) is 10.1. The normalized spacial score (nSPS) is 11.2. The highest BCUT2D eigenvalue weighted by atomic mass is 16.1. The average molecular weight is 282 g/mol. The van der Waals surface area contributed by atoms with Crippen molar-refractivity contribution < 1.29 is 4.79 Å². The molecule has 2 aromatic rings. The summed E-state index contributed by atoms with van der Waals surface area (Å²) in [5.74, 6) is -0.108. The molecule has 0 aliphatic carbocycles. The Labute approximate surface area is 126 Å². The lowest BCUT2D eigenvalue weighted by atomic mass is 9.87. The number of aryl methyl sites for hydroxylation is 1. The molecule has 110 valence electrons. The molecular weight excluding hydrogens is 260 g/mol. The van der Waals surface area contributed by atoms with Gasteiger partial charge in [-0.3, -0.25) is 4.79 Å². The second-order valence-corrected chi connectivity index (χ2v) is 6.36. The largest absolute Gasteiger partial charge is 0.399 e. The lowest BCUT2D eigenvalue weighted by Crippen LogP contribution is -2.14. The third-order valence-electron chi connectivity index (χ3n) is 3.51. The van der Waals surface area contributed by atoms with Crippen LogP contribution < -0.4 is 11.1 Å². The number of hydrogen-bond donors (Lipinski definition) is 2. The van der Waals surface area contributed by atoms with E-state index in [9.17, 15) is 4.79 Å². The predicted molar refractivity (Wildman–Crippen MR) is 88.7 cm³/mol. The van der Waals surface area contributed by atoms with Crippen molar-refractivity contribution in [2.75, 3.05) is 11.1 Å². The van der Waals surface area contributed by atoms with Gasteiger partial charge in [-0.25, -0.2) is 0 Å². The van der Waals surface area contributed by atoms with Crippen LogP contribution in [-0.2, 0) is 5.41 Å². The van der Waals surface area contributed by atoms with Crippen molar-refractivity contribution in [3.8, 4) is 0 Å². The number of anilines is 2. The third kappa shape index (κ3) is 3.63. The lowest BCUT2D eigenvalue weighted by Gasteiger charge is -2.19. The molecular formula is C18H22N2O. The molecule has 0 aliphatic heterocycles. The van der Waals surface area contributed by atoms with Gasteiger partial charge in [0.05, 0.1) is 0 Å². The molecule has 0 aliphatic rings. The van der Waals surface area contributed by atoms with Crippen molar-refractivity contribution >= 4 is 17.3 Å². The van der Waals surface area contributed by atoms with Gasteiger partial charge >= 0.3 is 0 Å². The molecule has 0 unspecified atom stereocenters. The number of nitrogen functional groups attached to an aromatic ring is 1. The van der Waals surface area contributed by atoms with Gasteiger partial charge in [-0.2, -0.15) is 0 Å². The van der Waals surface area contributed by atoms with Crippen LogP contribution in [0.3, 0.4) is 0 Å². The van der Waals surface area contributed by atoms with E-state index in [2.05, 4.69) is 26.1 Å². The molecule has 3 nitrogen and oxygen atoms in total. The van der Waals surface area contributed by atoms with Gasteiger partial charge in [-0.1, -0.05) is 32.9 Å². The summed E-state index contributed by atoms with van der Waals surface area (Å²) in [6, 6.07) is 13.2. The number of carbonyl (C=O) groups is 1. The monoisotopic (exact) mass is 282 g/mol. The smallest absolute Gasteiger partial charge is 0.255 e. The summed E-state index contributed by atoms with van der Waals surface area (Å²) in [5, 5.41) is 2.92. The Bertz CT molecular complexity index is 652. The van der Waals surface area contributed by atoms with Gasteiger partial charge in [0, 0.05) is 16.9 Å². The summed E-state index contributed by atoms with van der Waals surface area (Å²) in [6.07, 6.45) is 0. The topological polar surface area (TPSA) is 55.1 Å². The average Bonchev–Trinajstić information content (AvgIpc) is 2.41. The molecule has 0 bridgehead atoms. The van der Waals surface area contributed by atoms with E-state index in [4.69, 9.17) is 5.73 Å². The minimum Gasteiger partial charge on any atom is -0.399 e. The Morgan fingerprint density at radius 2 is 1.67 bits per heavy atom. The van der Waals surface area contributed by atoms with E-state index >= 15 is 0 Å². The second-order valence-electron chi connectivity index (χ2n) is 6.36. The third-order valence-corrected chi connectivity index (χ3v) is 3.51. The molecule has 21 heavy (non-hydrogen) atoms. The van der Waals surface area contributed by atoms with Crippen LogP contribution in [0.4, 0.5) is 11.4 Å². The van der Waals surface area contributed by atoms with Crippen LogP contribution in [0.5, 0.6) is 0 Å². The summed E-state index contributed by atoms with van der Waals surface area (Å²) < 4.78 is 0. The number of nitrogens with one attached hydrogen (secondary N) is 1. The molecule has 0 spiro atoms. The van der Waals surface area contributed by atoms with E-state index in [1.165, 1.54) is 5.56 Å². The van der Waals surface area contributed by atoms with Crippen LogP contribution in [0.1, 0.15) is 42.3 Å². The summed E-state index contributed by atoms with van der Waals surface area (Å²) >= 11 is 0. The summed E-state index contributed by atoms with van der Waals surface area (Å²) in [6.45, 7) is 8.38. The number of hydrogen-bond acceptors (Lipinski definition) is 2. The van der Waals surface area contributed by atoms with Crippen molar-refractivity contribution in [3.05, 3.63) is 59.2 Å². The first-order chi connectivity index (χ1) is 9.77. The second kappa shape index (κ2) is 5.60. The number of rotatable bonds is 2. The number of amides is 1. The van der Waals surface area contributed by atoms with Gasteiger partial charge in [-0.15, -0.1) is 0 Å². The molecule has 0 saturated carbocycles. The Balaban J connectivity index is 2.17. The zero-order chi connectivity index (χ0) is 15.6. The molecule has 0 atom stereocenters. The summed E-state index contributed by atoms with van der Waals surface area (Å²) in [4.78, 5) is 12.3. The van der Waals surface area contributed by atoms with Crippen molar-refractivity contribution in [3.63, 3.8) is 0 Å². The Kier molecular flexibility index (Phi) is 4.03. The van der Waals surface area contributed by atoms with E-state index in [1.807, 2.05) is 43.3 Å². The minimum atomic E-state index is -0.108. The van der Waals surface area contributed by atoms with Crippen molar-refractivity contribution in [2.24, 2.45) is 0 Å². The number of benzene rings is 2. The number of carbonyl (C=O) groups excluding carboxylic acids is 1. The van der Waals surface area contributed by atoms with Crippen LogP contribution in [0.25, 0.3) is 0 Å². The maximum atomic E-state index is 12.3. The lowest BCUT2D eigenvalue weighted by molar-refractivity contribution is 0.102. The molecule has 0 radical (unpaired) electrons. The van der Waals surface area contributed by atoms with Gasteiger partial charge < -0.3 is 11.1 Å². The quantitative estimate of drug-likeness (QED) is 0.814. The van der Waals surface area contributed by atoms with Gasteiger partial charge in [0.2, 0.25) is 0 Å². The highest BCUT2D eigenvalue weighted by Crippen LogP contribution is 2.23. The van der Waals surface area contributed by atoms with Crippen LogP contribution in [0, 0.1) is 6.92 Å². The van der Waals surface area contributed by atoms with Gasteiger partial charge in [0.15, 0.2) is 0 Å². The summed E-state index contributed by atoms with van der Waals surface area (Å²) in [7, 11) is 0. The predicted octanol–water partition coefficient (Wildman–Crippen LogP) is 4.13. The molecule has 2 rings (SSSR count). The molecule has 2 aromatic carbocycles. The fourth-order valence-corrected chi connectivity index (χ4v) is 2.14. The molecule has 0 heterocycles. The van der Waals surface area contributed by atoms with Crippen LogP contribution in [0.15, 0.2) is 42.5 Å². The molecule has 0 saturated heterocycles. The first kappa shape index (κ1) is 15.1. The zero-order valence-corrected chi connectivity index (χ0v) is 13.0. The molecule has 0 fully saturated rings. The maximum absolute atomic E-state index is 12.3. The fraction of sp³-hybridized carbons (Fsp3) is 0.278. The van der Waals surface area contributed by atoms with Gasteiger partial charge in [-0.05, 0) is 53.8 Å². The first-order valence-electron chi connectivity index (χ1n) is 7.05. The molecule has 3 heteroatoms. The SMILES string of the molecule is Cc1cc(N)ccc1NC(=O)c1ccc(C(C)(C)C)cc1. The van der Waals surface area contributed by atoms with E-state index < -0.39 is 0 Å². The minimum absolute atomic E-state index is 0.0859. The standard InChI is InChI=1S/C18H22N2O/c1-12-11-15(19)9-10-16(12)20-17(21)13-5-7-14(8-6-13)18(2,3)4/h5-11H,19H2,1-4H3,(H,20,21). The van der Waals surface area contributed by atoms with Crippen molar-refractivity contribution in [1.82, 2.24) is 0 Å². The van der Waals surface area contributed by atoms with E-state index in [0.29, 0.717) is 11.3 Å². The van der Waals surface area contributed by atoms with E-state index in [-0.39, 0.29) is 11.3 Å². The van der Waals surface area contributed by atoms with Crippen LogP contribution >= 0.6 is 0 Å². The van der Waals surface area contributed by atoms with E-state index in [0.717, 1.165) is 11.3 Å². The zero-order valence-electron chi connectivity index (χ0n) is 13.0. The van der Waals surface area contributed by atoms with Gasteiger partial charge in [0.25, 0.3) is 5.91 Å². The molecule has 3 N–H and O–H groups in total. The Morgan fingerprint density at radius 1 is 1.05 bits per heavy atom. The number of nitrogens with two attached hydrogens (primary N) is 1. The van der Waals surface area contributed by atoms with Crippen LogP contribution in [0.2, 0.25) is 0 Å². The van der Waals surface area contributed by atoms with Gasteiger partial charge in [0.1, 0.15) is 0 Å². The Hall–Kier alpha value is -2.29. The first-order valence-corrected chi connectivity index (χ1v) is 7.05. The Morgan fingerprint density at radius 3 is 2.19 bits per heavy atom. The highest BCUT2D eigenvalue weighted by molar-refractivity contribution is 6.04. The van der Waals surface area contributed by atoms with E-state index in [1.54, 1.807) is 6.07 Å². The molecule has 0 aromatic heterocycles. The highest BCUT2D eigenvalue weighted by Gasteiger charge is 2.14. The van der Waals surface area contributed by atoms with Crippen molar-refractivity contribution in [2.45, 2.75) is 33.1 Å². The van der Waals surface area contributed by atoms with Crippen LogP contribution in [-0.4, -0.2) is 5.91 Å². The fourth-order valence-electron chi connectivity index (χ4n) is 2.14.